The fraction of sp³-hybridized carbons (Fsp3) is 0. The lowest BCUT2D eigenvalue weighted by Crippen LogP contribution is -2.03. The fourth-order valence-electron chi connectivity index (χ4n) is 0. The summed E-state index contributed by atoms with van der Waals surface area (Å²) >= 11 is 0. The highest BCUT2D eigenvalue weighted by atomic mass is 31.2. The molecular formula is CH18N5O6P. The molecule has 0 aliphatic carbocycles. The van der Waals surface area contributed by atoms with E-state index in [4.69, 9.17) is 29.1 Å². The molecule has 18 N–H and O–H groups in total. The smallest absolute Gasteiger partial charge is 0.465 e. The van der Waals surface area contributed by atoms with Gasteiger partial charge < -0.3 is 50.1 Å². The van der Waals surface area contributed by atoms with E-state index in [0.717, 1.165) is 0 Å². The molecule has 0 fully saturated rings. The Hall–Kier alpha value is -0.780. The SMILES string of the molecule is N.N.N.N.NC(=O)O.O=P(O)(O)O. The number of hydrogen-bond donors (Lipinski definition) is 9. The second-order valence-electron chi connectivity index (χ2n) is 0.852. The van der Waals surface area contributed by atoms with Gasteiger partial charge in [0.15, 0.2) is 0 Å². The summed E-state index contributed by atoms with van der Waals surface area (Å²) in [5.74, 6) is 0. The summed E-state index contributed by atoms with van der Waals surface area (Å²) in [5, 5.41) is 7.19. The van der Waals surface area contributed by atoms with E-state index in [2.05, 4.69) is 5.73 Å². The van der Waals surface area contributed by atoms with Crippen LogP contribution < -0.4 is 30.3 Å². The fourth-order valence-corrected chi connectivity index (χ4v) is 0. The van der Waals surface area contributed by atoms with Crippen molar-refractivity contribution in [2.75, 3.05) is 0 Å². The van der Waals surface area contributed by atoms with Crippen LogP contribution in [0.5, 0.6) is 0 Å². The molecule has 0 aliphatic rings. The van der Waals surface area contributed by atoms with Crippen molar-refractivity contribution >= 4 is 13.9 Å². The second-order valence-corrected chi connectivity index (χ2v) is 1.88. The third-order valence-corrected chi connectivity index (χ3v) is 0. The number of rotatable bonds is 0. The summed E-state index contributed by atoms with van der Waals surface area (Å²) in [4.78, 5) is 30.3. The van der Waals surface area contributed by atoms with E-state index in [0.29, 0.717) is 0 Å². The van der Waals surface area contributed by atoms with Gasteiger partial charge in [0.25, 0.3) is 0 Å². The van der Waals surface area contributed by atoms with Gasteiger partial charge in [-0.05, 0) is 0 Å². The maximum absolute atomic E-state index is 8.88. The summed E-state index contributed by atoms with van der Waals surface area (Å²) in [6.07, 6.45) is -1.33. The summed E-state index contributed by atoms with van der Waals surface area (Å²) < 4.78 is 8.88. The van der Waals surface area contributed by atoms with Crippen molar-refractivity contribution < 1.29 is 29.1 Å². The van der Waals surface area contributed by atoms with Crippen LogP contribution in [0.1, 0.15) is 0 Å². The third kappa shape index (κ3) is 1570. The zero-order valence-electron chi connectivity index (χ0n) is 6.96. The molecule has 0 heterocycles. The molecule has 11 nitrogen and oxygen atoms in total. The van der Waals surface area contributed by atoms with Crippen LogP contribution in [-0.4, -0.2) is 25.9 Å². The Labute approximate surface area is 74.5 Å². The molecular weight excluding hydrogens is 209 g/mol. The van der Waals surface area contributed by atoms with Gasteiger partial charge in [-0.15, -0.1) is 0 Å². The van der Waals surface area contributed by atoms with Gasteiger partial charge in [-0.25, -0.2) is 9.36 Å². The van der Waals surface area contributed by atoms with Gasteiger partial charge in [-0.2, -0.15) is 0 Å². The van der Waals surface area contributed by atoms with Crippen LogP contribution in [0.2, 0.25) is 0 Å². The van der Waals surface area contributed by atoms with E-state index < -0.39 is 13.9 Å². The van der Waals surface area contributed by atoms with E-state index in [9.17, 15) is 0 Å². The standard InChI is InChI=1S/CH3NO2.4H3N.H3O4P/c2-1(3)4;;;;;1-5(2,3)4/h2H2,(H,3,4);4*1H3;(H3,1,2,3,4). The lowest BCUT2D eigenvalue weighted by atomic mass is 11.3. The van der Waals surface area contributed by atoms with E-state index in [1.54, 1.807) is 0 Å². The van der Waals surface area contributed by atoms with Gasteiger partial charge in [-0.3, -0.25) is 0 Å². The van der Waals surface area contributed by atoms with Gasteiger partial charge in [0.05, 0.1) is 0 Å². The summed E-state index contributed by atoms with van der Waals surface area (Å²) in [5.41, 5.74) is 4.03. The number of carboxylic acid groups (broad SMARTS) is 1. The average Bonchev–Trinajstić information content (AvgIpc) is 1.19. The Bertz CT molecular complexity index is 121. The summed E-state index contributed by atoms with van der Waals surface area (Å²) in [7, 11) is -4.64. The van der Waals surface area contributed by atoms with Crippen LogP contribution in [-0.2, 0) is 4.57 Å². The van der Waals surface area contributed by atoms with Gasteiger partial charge in [0.1, 0.15) is 0 Å². The van der Waals surface area contributed by atoms with Crippen LogP contribution in [0.25, 0.3) is 0 Å². The highest BCUT2D eigenvalue weighted by molar-refractivity contribution is 7.45. The Morgan fingerprint density at radius 3 is 1.00 bits per heavy atom. The molecule has 13 heavy (non-hydrogen) atoms. The minimum Gasteiger partial charge on any atom is -0.465 e. The molecule has 12 heteroatoms. The normalized spacial score (nSPS) is 6.38. The first-order valence-corrected chi connectivity index (χ1v) is 3.06. The number of carbonyl (C=O) groups is 1. The van der Waals surface area contributed by atoms with Crippen LogP contribution in [0, 0.1) is 0 Å². The molecule has 0 atom stereocenters. The zero-order chi connectivity index (χ0) is 8.08. The first-order chi connectivity index (χ1) is 3.73. The van der Waals surface area contributed by atoms with Crippen molar-refractivity contribution in [2.45, 2.75) is 0 Å². The lowest BCUT2D eigenvalue weighted by Gasteiger charge is -1.82. The first kappa shape index (κ1) is 39.8. The predicted molar refractivity (Wildman–Crippen MR) is 46.6 cm³/mol. The topological polar surface area (TPSA) is 281 Å². The molecule has 0 aromatic heterocycles. The van der Waals surface area contributed by atoms with Gasteiger partial charge in [0.2, 0.25) is 0 Å². The van der Waals surface area contributed by atoms with Gasteiger partial charge >= 0.3 is 13.9 Å². The van der Waals surface area contributed by atoms with E-state index in [1.165, 1.54) is 0 Å². The van der Waals surface area contributed by atoms with Crippen molar-refractivity contribution in [3.63, 3.8) is 0 Å². The van der Waals surface area contributed by atoms with Crippen molar-refractivity contribution in [1.82, 2.24) is 24.6 Å². The molecule has 0 spiro atoms. The number of nitrogens with two attached hydrogens (primary N) is 1. The Morgan fingerprint density at radius 2 is 1.00 bits per heavy atom. The molecule has 0 saturated heterocycles. The molecule has 0 rings (SSSR count). The number of primary amides is 1. The summed E-state index contributed by atoms with van der Waals surface area (Å²) in [6.45, 7) is 0. The molecule has 0 radical (unpaired) electrons. The highest BCUT2D eigenvalue weighted by Crippen LogP contribution is 2.25. The van der Waals surface area contributed by atoms with Crippen LogP contribution in [0.15, 0.2) is 0 Å². The maximum atomic E-state index is 8.88. The van der Waals surface area contributed by atoms with E-state index in [-0.39, 0.29) is 24.6 Å². The molecule has 0 aromatic carbocycles. The van der Waals surface area contributed by atoms with Crippen LogP contribution in [0.4, 0.5) is 4.79 Å². The average molecular weight is 227 g/mol. The van der Waals surface area contributed by atoms with E-state index in [1.807, 2.05) is 0 Å². The zero-order valence-corrected chi connectivity index (χ0v) is 7.85. The van der Waals surface area contributed by atoms with Crippen LogP contribution in [0.3, 0.4) is 0 Å². The maximum Gasteiger partial charge on any atom is 0.466 e. The Balaban J connectivity index is -0.0000000146. The molecule has 0 saturated carbocycles. The molecule has 0 unspecified atom stereocenters. The predicted octanol–water partition coefficient (Wildman–Crippen LogP) is -0.657. The summed E-state index contributed by atoms with van der Waals surface area (Å²) in [6, 6.07) is 0. The van der Waals surface area contributed by atoms with Crippen molar-refractivity contribution in [3.05, 3.63) is 0 Å². The monoisotopic (exact) mass is 227 g/mol. The quantitative estimate of drug-likeness (QED) is 0.235. The Kier molecular flexibility index (Phi) is 53.0. The second kappa shape index (κ2) is 17.3. The largest absolute Gasteiger partial charge is 0.466 e. The minimum absolute atomic E-state index is 0. The number of amides is 1. The van der Waals surface area contributed by atoms with Crippen molar-refractivity contribution in [1.29, 1.82) is 0 Å². The number of hydrogen-bond acceptors (Lipinski definition) is 6. The molecule has 0 aliphatic heterocycles. The molecule has 0 aromatic rings. The van der Waals surface area contributed by atoms with E-state index >= 15 is 0 Å². The van der Waals surface area contributed by atoms with Crippen LogP contribution >= 0.6 is 7.82 Å². The Morgan fingerprint density at radius 1 is 1.00 bits per heavy atom. The van der Waals surface area contributed by atoms with Gasteiger partial charge in [-0.1, -0.05) is 0 Å². The first-order valence-electron chi connectivity index (χ1n) is 1.50. The van der Waals surface area contributed by atoms with Crippen molar-refractivity contribution in [3.8, 4) is 0 Å². The van der Waals surface area contributed by atoms with Crippen molar-refractivity contribution in [2.24, 2.45) is 5.73 Å². The lowest BCUT2D eigenvalue weighted by molar-refractivity contribution is 0.205. The molecule has 88 valence electrons. The highest BCUT2D eigenvalue weighted by Gasteiger charge is 2.00. The van der Waals surface area contributed by atoms with Gasteiger partial charge in [0, 0.05) is 0 Å². The number of phosphoric acid groups is 1. The molecule has 1 amide bonds. The third-order valence-electron chi connectivity index (χ3n) is 0. The minimum atomic E-state index is -4.64. The molecule has 0 bridgehead atoms.